The van der Waals surface area contributed by atoms with Crippen molar-refractivity contribution in [3.8, 4) is 11.3 Å². The molecule has 0 fully saturated rings. The molecule has 0 aliphatic rings. The number of aromatic nitrogens is 1. The quantitative estimate of drug-likeness (QED) is 0.541. The van der Waals surface area contributed by atoms with Crippen molar-refractivity contribution in [3.63, 3.8) is 0 Å². The van der Waals surface area contributed by atoms with Gasteiger partial charge in [0.05, 0.1) is 27.4 Å². The molecule has 3 aromatic rings. The predicted molar refractivity (Wildman–Crippen MR) is 98.7 cm³/mol. The fourth-order valence-electron chi connectivity index (χ4n) is 2.58. The maximum atomic E-state index is 11.3. The van der Waals surface area contributed by atoms with Crippen LogP contribution in [0.4, 0.5) is 11.4 Å². The van der Waals surface area contributed by atoms with Gasteiger partial charge in [0.2, 0.25) is 0 Å². The molecular formula is C18H15N3O4S. The first-order valence-corrected chi connectivity index (χ1v) is 8.69. The number of thiazole rings is 1. The van der Waals surface area contributed by atoms with Gasteiger partial charge in [-0.2, -0.15) is 0 Å². The Morgan fingerprint density at radius 3 is 2.54 bits per heavy atom. The van der Waals surface area contributed by atoms with Gasteiger partial charge in [0, 0.05) is 18.0 Å². The molecule has 0 unspecified atom stereocenters. The van der Waals surface area contributed by atoms with Crippen molar-refractivity contribution in [3.05, 3.63) is 74.4 Å². The van der Waals surface area contributed by atoms with Crippen molar-refractivity contribution >= 4 is 28.7 Å². The van der Waals surface area contributed by atoms with E-state index in [1.165, 1.54) is 29.5 Å². The summed E-state index contributed by atoms with van der Waals surface area (Å²) in [5, 5.41) is 22.1. The van der Waals surface area contributed by atoms with Crippen molar-refractivity contribution in [2.24, 2.45) is 4.99 Å². The Bertz CT molecular complexity index is 1040. The third kappa shape index (κ3) is 3.40. The monoisotopic (exact) mass is 369 g/mol. The van der Waals surface area contributed by atoms with E-state index in [2.05, 4.69) is 4.99 Å². The number of hydrogen-bond donors (Lipinski definition) is 1. The van der Waals surface area contributed by atoms with Crippen LogP contribution in [-0.2, 0) is 6.54 Å². The van der Waals surface area contributed by atoms with Gasteiger partial charge in [-0.15, -0.1) is 11.3 Å². The van der Waals surface area contributed by atoms with Crippen molar-refractivity contribution in [2.45, 2.75) is 13.5 Å². The van der Waals surface area contributed by atoms with Gasteiger partial charge in [-0.3, -0.25) is 10.1 Å². The predicted octanol–water partition coefficient (Wildman–Crippen LogP) is 4.08. The van der Waals surface area contributed by atoms with Gasteiger partial charge in [-0.25, -0.2) is 9.79 Å². The van der Waals surface area contributed by atoms with Gasteiger partial charge in [-0.1, -0.05) is 12.1 Å². The van der Waals surface area contributed by atoms with E-state index in [0.29, 0.717) is 22.6 Å². The molecule has 0 aliphatic carbocycles. The zero-order valence-corrected chi connectivity index (χ0v) is 14.6. The van der Waals surface area contributed by atoms with Gasteiger partial charge in [0.25, 0.3) is 5.69 Å². The highest BCUT2D eigenvalue weighted by Gasteiger charge is 2.17. The lowest BCUT2D eigenvalue weighted by atomic mass is 10.1. The second-order valence-electron chi connectivity index (χ2n) is 5.39. The molecule has 0 saturated carbocycles. The summed E-state index contributed by atoms with van der Waals surface area (Å²) >= 11 is 1.38. The summed E-state index contributed by atoms with van der Waals surface area (Å²) in [5.74, 6) is -0.991. The first kappa shape index (κ1) is 17.6. The van der Waals surface area contributed by atoms with Crippen molar-refractivity contribution < 1.29 is 14.8 Å². The molecule has 0 amide bonds. The molecule has 0 radical (unpaired) electrons. The third-order valence-electron chi connectivity index (χ3n) is 3.83. The maximum Gasteiger partial charge on any atom is 0.335 e. The Hall–Kier alpha value is -3.26. The van der Waals surface area contributed by atoms with E-state index in [4.69, 9.17) is 5.11 Å². The highest BCUT2D eigenvalue weighted by Crippen LogP contribution is 2.30. The second kappa shape index (κ2) is 7.32. The molecule has 0 atom stereocenters. The van der Waals surface area contributed by atoms with Gasteiger partial charge in [0.1, 0.15) is 0 Å². The number of rotatable bonds is 5. The second-order valence-corrected chi connectivity index (χ2v) is 6.22. The number of para-hydroxylation sites is 1. The number of nitro groups is 1. The van der Waals surface area contributed by atoms with E-state index in [9.17, 15) is 14.9 Å². The Morgan fingerprint density at radius 1 is 1.23 bits per heavy atom. The smallest absolute Gasteiger partial charge is 0.335 e. The SMILES string of the molecule is CCn1c(-c2ccccc2[N+](=O)[O-])csc1=Nc1ccc(C(=O)O)cc1. The number of benzene rings is 2. The Balaban J connectivity index is 2.09. The summed E-state index contributed by atoms with van der Waals surface area (Å²) in [6, 6.07) is 12.9. The Morgan fingerprint density at radius 2 is 1.92 bits per heavy atom. The van der Waals surface area contributed by atoms with E-state index < -0.39 is 10.9 Å². The van der Waals surface area contributed by atoms with Gasteiger partial charge in [-0.05, 0) is 37.3 Å². The normalized spacial score (nSPS) is 11.5. The highest BCUT2D eigenvalue weighted by atomic mass is 32.1. The molecule has 0 bridgehead atoms. The fourth-order valence-corrected chi connectivity index (χ4v) is 3.56. The minimum absolute atomic E-state index is 0.0462. The number of carbonyl (C=O) groups is 1. The van der Waals surface area contributed by atoms with Gasteiger partial charge >= 0.3 is 5.97 Å². The van der Waals surface area contributed by atoms with E-state index in [-0.39, 0.29) is 11.3 Å². The van der Waals surface area contributed by atoms with Crippen molar-refractivity contribution in [2.75, 3.05) is 0 Å². The first-order chi connectivity index (χ1) is 12.5. The molecule has 26 heavy (non-hydrogen) atoms. The number of carboxylic acids is 1. The summed E-state index contributed by atoms with van der Waals surface area (Å²) in [7, 11) is 0. The molecule has 7 nitrogen and oxygen atoms in total. The van der Waals surface area contributed by atoms with Crippen LogP contribution in [0.15, 0.2) is 58.9 Å². The molecule has 0 aliphatic heterocycles. The largest absolute Gasteiger partial charge is 0.478 e. The molecule has 3 rings (SSSR count). The van der Waals surface area contributed by atoms with Crippen molar-refractivity contribution in [1.29, 1.82) is 0 Å². The van der Waals surface area contributed by atoms with Crippen LogP contribution < -0.4 is 4.80 Å². The lowest BCUT2D eigenvalue weighted by Gasteiger charge is -2.06. The standard InChI is InChI=1S/C18H15N3O4S/c1-2-20-16(14-5-3-4-6-15(14)21(24)25)11-26-18(20)19-13-9-7-12(8-10-13)17(22)23/h3-11H,2H2,1H3,(H,22,23). The molecule has 1 N–H and O–H groups in total. The first-order valence-electron chi connectivity index (χ1n) is 7.81. The van der Waals surface area contributed by atoms with Crippen LogP contribution in [0.5, 0.6) is 0 Å². The van der Waals surface area contributed by atoms with Crippen LogP contribution in [0.2, 0.25) is 0 Å². The minimum Gasteiger partial charge on any atom is -0.478 e. The highest BCUT2D eigenvalue weighted by molar-refractivity contribution is 7.07. The average Bonchev–Trinajstić information content (AvgIpc) is 3.04. The molecule has 0 saturated heterocycles. The number of hydrogen-bond acceptors (Lipinski definition) is 5. The Labute approximate surface area is 152 Å². The fraction of sp³-hybridized carbons (Fsp3) is 0.111. The molecular weight excluding hydrogens is 354 g/mol. The van der Waals surface area contributed by atoms with Crippen LogP contribution in [0.1, 0.15) is 17.3 Å². The number of nitro benzene ring substituents is 1. The van der Waals surface area contributed by atoms with Crippen LogP contribution in [-0.4, -0.2) is 20.6 Å². The summed E-state index contributed by atoms with van der Waals surface area (Å²) in [4.78, 5) is 27.1. The maximum absolute atomic E-state index is 11.3. The summed E-state index contributed by atoms with van der Waals surface area (Å²) in [6.45, 7) is 2.54. The summed E-state index contributed by atoms with van der Waals surface area (Å²) < 4.78 is 1.90. The molecule has 0 spiro atoms. The summed E-state index contributed by atoms with van der Waals surface area (Å²) in [5.41, 5.74) is 2.13. The minimum atomic E-state index is -0.991. The van der Waals surface area contributed by atoms with Crippen molar-refractivity contribution in [1.82, 2.24) is 4.57 Å². The Kier molecular flexibility index (Phi) is 4.94. The number of aromatic carboxylic acids is 1. The van der Waals surface area contributed by atoms with Crippen LogP contribution >= 0.6 is 11.3 Å². The lowest BCUT2D eigenvalue weighted by molar-refractivity contribution is -0.384. The molecule has 1 aromatic heterocycles. The topological polar surface area (TPSA) is 97.7 Å². The zero-order chi connectivity index (χ0) is 18.7. The van der Waals surface area contributed by atoms with E-state index >= 15 is 0 Å². The van der Waals surface area contributed by atoms with E-state index in [1.807, 2.05) is 16.9 Å². The van der Waals surface area contributed by atoms with E-state index in [1.54, 1.807) is 30.3 Å². The number of carboxylic acid groups (broad SMARTS) is 1. The molecule has 8 heteroatoms. The number of nitrogens with zero attached hydrogens (tertiary/aromatic N) is 3. The molecule has 132 valence electrons. The lowest BCUT2D eigenvalue weighted by Crippen LogP contribution is -2.14. The van der Waals surface area contributed by atoms with Gasteiger partial charge in [0.15, 0.2) is 4.80 Å². The zero-order valence-electron chi connectivity index (χ0n) is 13.8. The summed E-state index contributed by atoms with van der Waals surface area (Å²) in [6.07, 6.45) is 0. The third-order valence-corrected chi connectivity index (χ3v) is 4.69. The van der Waals surface area contributed by atoms with E-state index in [0.717, 1.165) is 5.69 Å². The average molecular weight is 369 g/mol. The van der Waals surface area contributed by atoms with Crippen LogP contribution in [0.25, 0.3) is 11.3 Å². The van der Waals surface area contributed by atoms with Gasteiger partial charge < -0.3 is 9.67 Å². The molecule has 2 aromatic carbocycles. The van der Waals surface area contributed by atoms with Crippen LogP contribution in [0, 0.1) is 10.1 Å². The van der Waals surface area contributed by atoms with Crippen LogP contribution in [0.3, 0.4) is 0 Å². The molecule has 1 heterocycles.